The molecule has 0 fully saturated rings. The molecule has 1 nitrogen and oxygen atoms in total. The topological polar surface area (TPSA) is 9.23 Å². The molecule has 0 aliphatic carbocycles. The fourth-order valence-electron chi connectivity index (χ4n) is 2.92. The Hall–Kier alpha value is -0.786. The first kappa shape index (κ1) is 17.3. The van der Waals surface area contributed by atoms with E-state index in [9.17, 15) is 0 Å². The molecule has 2 rings (SSSR count). The van der Waals surface area contributed by atoms with Crippen LogP contribution in [0.4, 0.5) is 0 Å². The summed E-state index contributed by atoms with van der Waals surface area (Å²) >= 11 is 0. The van der Waals surface area contributed by atoms with Crippen molar-refractivity contribution in [2.24, 2.45) is 0 Å². The Morgan fingerprint density at radius 1 is 0.750 bits per heavy atom. The summed E-state index contributed by atoms with van der Waals surface area (Å²) in [6.07, 6.45) is 0. The van der Waals surface area contributed by atoms with Crippen molar-refractivity contribution in [3.05, 3.63) is 60.7 Å². The standard InChI is InChI=1S/C17H22OSi.Li/c1-17(2,3)19(18-4,15-11-7-5-8-12-15)16-13-9-6-10-14-16;/h5-14H,1-4H3;. The van der Waals surface area contributed by atoms with E-state index in [1.807, 2.05) is 7.11 Å². The van der Waals surface area contributed by atoms with Gasteiger partial charge in [0.05, 0.1) is 0 Å². The predicted molar refractivity (Wildman–Crippen MR) is 90.4 cm³/mol. The van der Waals surface area contributed by atoms with Crippen molar-refractivity contribution in [3.8, 4) is 0 Å². The molecule has 0 unspecified atom stereocenters. The van der Waals surface area contributed by atoms with E-state index >= 15 is 0 Å². The maximum Gasteiger partial charge on any atom is 0.260 e. The summed E-state index contributed by atoms with van der Waals surface area (Å²) in [4.78, 5) is 0. The molecule has 3 heteroatoms. The van der Waals surface area contributed by atoms with Crippen molar-refractivity contribution in [1.29, 1.82) is 0 Å². The van der Waals surface area contributed by atoms with E-state index in [4.69, 9.17) is 4.43 Å². The molecule has 1 radical (unpaired) electrons. The molecule has 2 aromatic rings. The molecule has 0 heterocycles. The van der Waals surface area contributed by atoms with Gasteiger partial charge in [0.2, 0.25) is 0 Å². The van der Waals surface area contributed by atoms with Crippen LogP contribution in [0.3, 0.4) is 0 Å². The molecule has 0 saturated carbocycles. The Bertz CT molecular complexity index is 480. The molecule has 0 saturated heterocycles. The largest absolute Gasteiger partial charge is 0.411 e. The number of hydrogen-bond donors (Lipinski definition) is 0. The van der Waals surface area contributed by atoms with Gasteiger partial charge in [0.1, 0.15) is 0 Å². The van der Waals surface area contributed by atoms with Crippen LogP contribution in [0, 0.1) is 0 Å². The van der Waals surface area contributed by atoms with Gasteiger partial charge in [0.25, 0.3) is 8.32 Å². The third-order valence-electron chi connectivity index (χ3n) is 3.72. The summed E-state index contributed by atoms with van der Waals surface area (Å²) in [5, 5.41) is 2.75. The average Bonchev–Trinajstić information content (AvgIpc) is 2.41. The molecule has 0 aliphatic heterocycles. The second-order valence-corrected chi connectivity index (χ2v) is 10.3. The average molecular weight is 277 g/mol. The minimum atomic E-state index is -2.22. The van der Waals surface area contributed by atoms with Crippen LogP contribution in [0.25, 0.3) is 0 Å². The first-order valence-electron chi connectivity index (χ1n) is 6.68. The third-order valence-corrected chi connectivity index (χ3v) is 8.74. The molecule has 0 atom stereocenters. The van der Waals surface area contributed by atoms with Crippen LogP contribution in [-0.2, 0) is 4.43 Å². The van der Waals surface area contributed by atoms with Gasteiger partial charge in [-0.15, -0.1) is 0 Å². The van der Waals surface area contributed by atoms with Gasteiger partial charge in [-0.25, -0.2) is 0 Å². The number of benzene rings is 2. The molecular weight excluding hydrogens is 255 g/mol. The molecule has 0 spiro atoms. The molecule has 0 bridgehead atoms. The first-order chi connectivity index (χ1) is 9.02. The van der Waals surface area contributed by atoms with Crippen molar-refractivity contribution in [1.82, 2.24) is 0 Å². The molecular formula is C17H22LiOSi. The zero-order chi connectivity index (χ0) is 13.9. The quantitative estimate of drug-likeness (QED) is 0.784. The van der Waals surface area contributed by atoms with Gasteiger partial charge in [0, 0.05) is 26.0 Å². The summed E-state index contributed by atoms with van der Waals surface area (Å²) < 4.78 is 6.21. The Labute approximate surface area is 135 Å². The molecule has 0 aliphatic rings. The van der Waals surface area contributed by atoms with E-state index < -0.39 is 8.32 Å². The summed E-state index contributed by atoms with van der Waals surface area (Å²) in [5.74, 6) is 0. The zero-order valence-corrected chi connectivity index (χ0v) is 14.2. The van der Waals surface area contributed by atoms with Crippen LogP contribution >= 0.6 is 0 Å². The summed E-state index contributed by atoms with van der Waals surface area (Å²) in [7, 11) is -0.365. The predicted octanol–water partition coefficient (Wildman–Crippen LogP) is 2.81. The normalized spacial score (nSPS) is 11.8. The molecule has 0 amide bonds. The molecule has 0 N–H and O–H groups in total. The molecule has 20 heavy (non-hydrogen) atoms. The second-order valence-electron chi connectivity index (χ2n) is 5.87. The summed E-state index contributed by atoms with van der Waals surface area (Å²) in [6.45, 7) is 6.84. The smallest absolute Gasteiger partial charge is 0.260 e. The van der Waals surface area contributed by atoms with Crippen LogP contribution in [0.1, 0.15) is 20.8 Å². The van der Waals surface area contributed by atoms with Crippen molar-refractivity contribution in [3.63, 3.8) is 0 Å². The molecule has 2 aromatic carbocycles. The van der Waals surface area contributed by atoms with E-state index in [2.05, 4.69) is 81.4 Å². The summed E-state index contributed by atoms with van der Waals surface area (Å²) in [5.41, 5.74) is 0. The zero-order valence-electron chi connectivity index (χ0n) is 13.2. The van der Waals surface area contributed by atoms with Crippen molar-refractivity contribution < 1.29 is 4.43 Å². The number of hydrogen-bond acceptors (Lipinski definition) is 1. The Morgan fingerprint density at radius 3 is 1.35 bits per heavy atom. The first-order valence-corrected chi connectivity index (χ1v) is 8.59. The Balaban J connectivity index is 0.00000200. The van der Waals surface area contributed by atoms with Crippen LogP contribution in [0.2, 0.25) is 5.04 Å². The van der Waals surface area contributed by atoms with Gasteiger partial charge < -0.3 is 4.43 Å². The monoisotopic (exact) mass is 277 g/mol. The van der Waals surface area contributed by atoms with Gasteiger partial charge in [0.15, 0.2) is 0 Å². The Morgan fingerprint density at radius 2 is 1.10 bits per heavy atom. The van der Waals surface area contributed by atoms with Crippen molar-refractivity contribution in [2.75, 3.05) is 7.11 Å². The van der Waals surface area contributed by atoms with Crippen molar-refractivity contribution >= 4 is 37.6 Å². The maximum atomic E-state index is 6.21. The van der Waals surface area contributed by atoms with Crippen LogP contribution in [0.5, 0.6) is 0 Å². The molecule has 0 aromatic heterocycles. The van der Waals surface area contributed by atoms with E-state index in [-0.39, 0.29) is 23.9 Å². The fraction of sp³-hybridized carbons (Fsp3) is 0.294. The van der Waals surface area contributed by atoms with E-state index in [0.717, 1.165) is 0 Å². The van der Waals surface area contributed by atoms with E-state index in [0.29, 0.717) is 0 Å². The fourth-order valence-corrected chi connectivity index (χ4v) is 7.39. The van der Waals surface area contributed by atoms with Crippen LogP contribution in [0.15, 0.2) is 60.7 Å². The van der Waals surface area contributed by atoms with E-state index in [1.54, 1.807) is 0 Å². The maximum absolute atomic E-state index is 6.21. The SMILES string of the molecule is CO[Si](c1ccccc1)(c1ccccc1)C(C)(C)C.[Li]. The second kappa shape index (κ2) is 6.78. The van der Waals surface area contributed by atoms with Crippen molar-refractivity contribution in [2.45, 2.75) is 25.8 Å². The minimum absolute atomic E-state index is 0. The van der Waals surface area contributed by atoms with Crippen LogP contribution < -0.4 is 10.4 Å². The van der Waals surface area contributed by atoms with Crippen LogP contribution in [-0.4, -0.2) is 34.3 Å². The van der Waals surface area contributed by atoms with Gasteiger partial charge in [-0.3, -0.25) is 0 Å². The van der Waals surface area contributed by atoms with Gasteiger partial charge in [-0.2, -0.15) is 0 Å². The summed E-state index contributed by atoms with van der Waals surface area (Å²) in [6, 6.07) is 21.3. The number of rotatable bonds is 3. The third kappa shape index (κ3) is 2.94. The van der Waals surface area contributed by atoms with Gasteiger partial charge in [-0.1, -0.05) is 81.4 Å². The molecule has 101 valence electrons. The van der Waals surface area contributed by atoms with Gasteiger partial charge >= 0.3 is 0 Å². The Kier molecular flexibility index (Phi) is 5.85. The van der Waals surface area contributed by atoms with E-state index in [1.165, 1.54) is 10.4 Å². The minimum Gasteiger partial charge on any atom is -0.411 e. The van der Waals surface area contributed by atoms with Gasteiger partial charge in [-0.05, 0) is 15.4 Å².